The molecule has 1 aliphatic rings. The topological polar surface area (TPSA) is 71.2 Å². The van der Waals surface area contributed by atoms with E-state index in [0.717, 1.165) is 12.2 Å². The largest absolute Gasteiger partial charge is 0.481 e. The van der Waals surface area contributed by atoms with Gasteiger partial charge < -0.3 is 5.11 Å². The van der Waals surface area contributed by atoms with Crippen molar-refractivity contribution < 1.29 is 9.90 Å². The maximum atomic E-state index is 11.1. The number of rotatable bonds is 3. The van der Waals surface area contributed by atoms with Gasteiger partial charge in [0.25, 0.3) is 0 Å². The molecule has 16 heavy (non-hydrogen) atoms. The zero-order valence-corrected chi connectivity index (χ0v) is 9.55. The highest BCUT2D eigenvalue weighted by Crippen LogP contribution is 2.30. The Morgan fingerprint density at radius 1 is 1.69 bits per heavy atom. The van der Waals surface area contributed by atoms with Crippen molar-refractivity contribution in [3.05, 3.63) is 11.9 Å². The van der Waals surface area contributed by atoms with Gasteiger partial charge in [-0.3, -0.25) is 14.4 Å². The van der Waals surface area contributed by atoms with E-state index >= 15 is 0 Å². The van der Waals surface area contributed by atoms with Crippen molar-refractivity contribution in [2.45, 2.75) is 19.9 Å². The lowest BCUT2D eigenvalue weighted by atomic mass is 9.90. The number of likely N-dealkylation sites (tertiary alicyclic amines) is 1. The highest BCUT2D eigenvalue weighted by Gasteiger charge is 2.40. The van der Waals surface area contributed by atoms with Gasteiger partial charge in [-0.25, -0.2) is 0 Å². The SMILES string of the molecule is Cn1cc(CN2CCC(C)(C(=O)O)C2)nn1. The van der Waals surface area contributed by atoms with Crippen LogP contribution in [0.1, 0.15) is 19.0 Å². The van der Waals surface area contributed by atoms with Crippen LogP contribution in [0.2, 0.25) is 0 Å². The first-order chi connectivity index (χ1) is 7.49. The molecule has 1 aromatic rings. The third-order valence-corrected chi connectivity index (χ3v) is 3.10. The minimum atomic E-state index is -0.714. The normalized spacial score (nSPS) is 26.1. The predicted octanol–water partition coefficient (Wildman–Crippen LogP) is 0.112. The molecule has 0 amide bonds. The third-order valence-electron chi connectivity index (χ3n) is 3.10. The molecule has 1 aliphatic heterocycles. The Morgan fingerprint density at radius 3 is 2.94 bits per heavy atom. The van der Waals surface area contributed by atoms with Crippen molar-refractivity contribution in [3.63, 3.8) is 0 Å². The standard InChI is InChI=1S/C10H16N4O2/c1-10(9(15)16)3-4-14(7-10)6-8-5-13(2)12-11-8/h5H,3-4,6-7H2,1-2H3,(H,15,16). The van der Waals surface area contributed by atoms with E-state index < -0.39 is 11.4 Å². The molecule has 88 valence electrons. The summed E-state index contributed by atoms with van der Waals surface area (Å²) in [7, 11) is 1.82. The van der Waals surface area contributed by atoms with Gasteiger partial charge in [0.15, 0.2) is 0 Å². The first-order valence-electron chi connectivity index (χ1n) is 5.30. The van der Waals surface area contributed by atoms with Crippen molar-refractivity contribution >= 4 is 5.97 Å². The van der Waals surface area contributed by atoms with Crippen LogP contribution in [0.3, 0.4) is 0 Å². The molecule has 1 fully saturated rings. The van der Waals surface area contributed by atoms with Gasteiger partial charge in [0.1, 0.15) is 0 Å². The molecule has 1 aromatic heterocycles. The van der Waals surface area contributed by atoms with Gasteiger partial charge in [0.2, 0.25) is 0 Å². The number of hydrogen-bond acceptors (Lipinski definition) is 4. The second kappa shape index (κ2) is 3.86. The van der Waals surface area contributed by atoms with Crippen molar-refractivity contribution in [1.82, 2.24) is 19.9 Å². The van der Waals surface area contributed by atoms with E-state index in [1.54, 1.807) is 11.6 Å². The maximum Gasteiger partial charge on any atom is 0.310 e. The van der Waals surface area contributed by atoms with Crippen LogP contribution in [-0.4, -0.2) is 44.1 Å². The summed E-state index contributed by atoms with van der Waals surface area (Å²) < 4.78 is 1.65. The van der Waals surface area contributed by atoms with Gasteiger partial charge in [0, 0.05) is 26.3 Å². The van der Waals surface area contributed by atoms with E-state index in [1.165, 1.54) is 0 Å². The zero-order valence-electron chi connectivity index (χ0n) is 9.55. The Balaban J connectivity index is 1.97. The Morgan fingerprint density at radius 2 is 2.44 bits per heavy atom. The summed E-state index contributed by atoms with van der Waals surface area (Å²) in [6, 6.07) is 0. The van der Waals surface area contributed by atoms with Crippen LogP contribution in [0.25, 0.3) is 0 Å². The predicted molar refractivity (Wildman–Crippen MR) is 56.6 cm³/mol. The van der Waals surface area contributed by atoms with Gasteiger partial charge in [-0.1, -0.05) is 5.21 Å². The van der Waals surface area contributed by atoms with Crippen molar-refractivity contribution in [1.29, 1.82) is 0 Å². The summed E-state index contributed by atoms with van der Waals surface area (Å²) in [6.45, 7) is 3.86. The van der Waals surface area contributed by atoms with Crippen LogP contribution in [0, 0.1) is 5.41 Å². The first-order valence-corrected chi connectivity index (χ1v) is 5.30. The van der Waals surface area contributed by atoms with Gasteiger partial charge in [0.05, 0.1) is 11.1 Å². The summed E-state index contributed by atoms with van der Waals surface area (Å²) >= 11 is 0. The van der Waals surface area contributed by atoms with E-state index in [9.17, 15) is 4.79 Å². The molecule has 0 saturated carbocycles. The summed E-state index contributed by atoms with van der Waals surface area (Å²) in [4.78, 5) is 13.2. The molecule has 2 heterocycles. The molecule has 1 atom stereocenters. The summed E-state index contributed by atoms with van der Waals surface area (Å²) in [5, 5.41) is 17.0. The fourth-order valence-corrected chi connectivity index (χ4v) is 2.06. The molecule has 6 heteroatoms. The Labute approximate surface area is 93.9 Å². The summed E-state index contributed by atoms with van der Waals surface area (Å²) in [5.41, 5.74) is 0.277. The van der Waals surface area contributed by atoms with E-state index in [4.69, 9.17) is 5.11 Å². The van der Waals surface area contributed by atoms with Gasteiger partial charge in [-0.05, 0) is 19.9 Å². The smallest absolute Gasteiger partial charge is 0.310 e. The maximum absolute atomic E-state index is 11.1. The number of nitrogens with zero attached hydrogens (tertiary/aromatic N) is 4. The average molecular weight is 224 g/mol. The number of aliphatic carboxylic acids is 1. The number of carbonyl (C=O) groups is 1. The van der Waals surface area contributed by atoms with Crippen molar-refractivity contribution in [2.75, 3.05) is 13.1 Å². The molecule has 2 rings (SSSR count). The number of carboxylic acid groups (broad SMARTS) is 1. The van der Waals surface area contributed by atoms with Crippen LogP contribution in [0.4, 0.5) is 0 Å². The van der Waals surface area contributed by atoms with E-state index in [2.05, 4.69) is 15.2 Å². The number of hydrogen-bond donors (Lipinski definition) is 1. The molecule has 0 bridgehead atoms. The minimum absolute atomic E-state index is 0.582. The van der Waals surface area contributed by atoms with Crippen molar-refractivity contribution in [3.8, 4) is 0 Å². The Kier molecular flexibility index (Phi) is 2.67. The fourth-order valence-electron chi connectivity index (χ4n) is 2.06. The molecular weight excluding hydrogens is 208 g/mol. The summed E-state index contributed by atoms with van der Waals surface area (Å²) in [6.07, 6.45) is 2.55. The lowest BCUT2D eigenvalue weighted by Gasteiger charge is -2.19. The van der Waals surface area contributed by atoms with Crippen LogP contribution in [0.15, 0.2) is 6.20 Å². The summed E-state index contributed by atoms with van der Waals surface area (Å²) in [5.74, 6) is -0.714. The van der Waals surface area contributed by atoms with E-state index in [0.29, 0.717) is 19.5 Å². The van der Waals surface area contributed by atoms with Crippen LogP contribution < -0.4 is 0 Å². The molecule has 0 spiro atoms. The molecular formula is C10H16N4O2. The lowest BCUT2D eigenvalue weighted by molar-refractivity contribution is -0.147. The van der Waals surface area contributed by atoms with Crippen LogP contribution >= 0.6 is 0 Å². The molecule has 0 aromatic carbocycles. The van der Waals surface area contributed by atoms with Gasteiger partial charge in [-0.2, -0.15) is 0 Å². The molecule has 1 N–H and O–H groups in total. The van der Waals surface area contributed by atoms with Crippen LogP contribution in [-0.2, 0) is 18.4 Å². The fraction of sp³-hybridized carbons (Fsp3) is 0.700. The number of aromatic nitrogens is 3. The van der Waals surface area contributed by atoms with E-state index in [1.807, 2.05) is 13.2 Å². The van der Waals surface area contributed by atoms with Crippen LogP contribution in [0.5, 0.6) is 0 Å². The van der Waals surface area contributed by atoms with Gasteiger partial charge >= 0.3 is 5.97 Å². The molecule has 1 unspecified atom stereocenters. The number of aryl methyl sites for hydroxylation is 1. The Bertz CT molecular complexity index is 403. The Hall–Kier alpha value is -1.43. The molecule has 0 radical (unpaired) electrons. The zero-order chi connectivity index (χ0) is 11.8. The van der Waals surface area contributed by atoms with Crippen molar-refractivity contribution in [2.24, 2.45) is 12.5 Å². The highest BCUT2D eigenvalue weighted by molar-refractivity contribution is 5.74. The number of carboxylic acids is 1. The second-order valence-corrected chi connectivity index (χ2v) is 4.71. The second-order valence-electron chi connectivity index (χ2n) is 4.71. The lowest BCUT2D eigenvalue weighted by Crippen LogP contribution is -2.31. The quantitative estimate of drug-likeness (QED) is 0.789. The van der Waals surface area contributed by atoms with Gasteiger partial charge in [-0.15, -0.1) is 5.10 Å². The molecule has 0 aliphatic carbocycles. The minimum Gasteiger partial charge on any atom is -0.481 e. The monoisotopic (exact) mass is 224 g/mol. The highest BCUT2D eigenvalue weighted by atomic mass is 16.4. The average Bonchev–Trinajstić information content (AvgIpc) is 2.75. The third kappa shape index (κ3) is 2.06. The molecule has 1 saturated heterocycles. The molecule has 6 nitrogen and oxygen atoms in total. The van der Waals surface area contributed by atoms with E-state index in [-0.39, 0.29) is 0 Å². The first kappa shape index (κ1) is 11.1.